The monoisotopic (exact) mass is 393 g/mol. The second-order valence-electron chi connectivity index (χ2n) is 5.77. The van der Waals surface area contributed by atoms with Crippen molar-refractivity contribution in [1.29, 1.82) is 0 Å². The number of carbonyl (C=O) groups excluding carboxylic acids is 3. The number of cyclic esters (lactones) is 1. The molecule has 2 heterocycles. The molecule has 142 valence electrons. The topological polar surface area (TPSA) is 125 Å². The van der Waals surface area contributed by atoms with E-state index in [1.165, 1.54) is 24.0 Å². The van der Waals surface area contributed by atoms with E-state index in [1.807, 2.05) is 0 Å². The van der Waals surface area contributed by atoms with Gasteiger partial charge in [0.05, 0.1) is 18.8 Å². The summed E-state index contributed by atoms with van der Waals surface area (Å²) >= 11 is 0.948. The van der Waals surface area contributed by atoms with E-state index in [4.69, 9.17) is 4.74 Å². The molecule has 11 heteroatoms. The molecule has 3 rings (SSSR count). The number of benzene rings is 1. The number of nitrogens with one attached hydrogen (secondary N) is 1. The number of carboxylic acid groups (broad SMARTS) is 1. The van der Waals surface area contributed by atoms with Gasteiger partial charge in [-0.3, -0.25) is 9.69 Å². The SMILES string of the molecule is CC(=O)NCC1CN(c2ccc(-c3nnc(CC(=O)[O-])s3)c(F)c2)C(=O)O1. The Morgan fingerprint density at radius 2 is 2.22 bits per heavy atom. The Balaban J connectivity index is 1.75. The molecule has 1 saturated heterocycles. The standard InChI is InChI=1S/C16H15FN4O5S/c1-8(22)18-6-10-7-21(16(25)26-10)9-2-3-11(12(17)4-9)15-20-19-13(27-15)5-14(23)24/h2-4,10H,5-7H2,1H3,(H,18,22)(H,23,24)/p-1. The predicted octanol–water partition coefficient (Wildman–Crippen LogP) is 0.0979. The molecule has 2 aromatic rings. The van der Waals surface area contributed by atoms with Gasteiger partial charge in [0.1, 0.15) is 16.9 Å². The highest BCUT2D eigenvalue weighted by molar-refractivity contribution is 7.14. The van der Waals surface area contributed by atoms with Crippen LogP contribution in [0.15, 0.2) is 18.2 Å². The highest BCUT2D eigenvalue weighted by atomic mass is 32.1. The summed E-state index contributed by atoms with van der Waals surface area (Å²) < 4.78 is 19.7. The zero-order chi connectivity index (χ0) is 19.6. The van der Waals surface area contributed by atoms with Crippen LogP contribution in [-0.4, -0.2) is 47.4 Å². The van der Waals surface area contributed by atoms with Gasteiger partial charge in [-0.1, -0.05) is 11.3 Å². The molecule has 2 amide bonds. The highest BCUT2D eigenvalue weighted by Crippen LogP contribution is 2.30. The summed E-state index contributed by atoms with van der Waals surface area (Å²) in [6.07, 6.45) is -1.56. The number of hydrogen-bond donors (Lipinski definition) is 1. The summed E-state index contributed by atoms with van der Waals surface area (Å²) in [5.41, 5.74) is 0.439. The van der Waals surface area contributed by atoms with Gasteiger partial charge in [-0.2, -0.15) is 0 Å². The maximum atomic E-state index is 14.5. The van der Waals surface area contributed by atoms with Crippen LogP contribution < -0.4 is 15.3 Å². The minimum Gasteiger partial charge on any atom is -0.550 e. The van der Waals surface area contributed by atoms with E-state index >= 15 is 0 Å². The molecule has 1 unspecified atom stereocenters. The number of ether oxygens (including phenoxy) is 1. The van der Waals surface area contributed by atoms with Crippen LogP contribution in [0.1, 0.15) is 11.9 Å². The van der Waals surface area contributed by atoms with Crippen LogP contribution in [0.25, 0.3) is 10.6 Å². The lowest BCUT2D eigenvalue weighted by molar-refractivity contribution is -0.304. The molecule has 27 heavy (non-hydrogen) atoms. The molecule has 1 N–H and O–H groups in total. The zero-order valence-electron chi connectivity index (χ0n) is 14.1. The second-order valence-corrected chi connectivity index (χ2v) is 6.83. The molecule has 1 aromatic carbocycles. The van der Waals surface area contributed by atoms with E-state index in [-0.39, 0.29) is 34.6 Å². The number of rotatable bonds is 6. The first-order chi connectivity index (χ1) is 12.8. The fourth-order valence-corrected chi connectivity index (χ4v) is 3.35. The van der Waals surface area contributed by atoms with Gasteiger partial charge in [0.2, 0.25) is 5.91 Å². The van der Waals surface area contributed by atoms with Crippen molar-refractivity contribution in [2.45, 2.75) is 19.4 Å². The van der Waals surface area contributed by atoms with E-state index in [0.29, 0.717) is 5.69 Å². The van der Waals surface area contributed by atoms with Crippen molar-refractivity contribution in [3.8, 4) is 10.6 Å². The van der Waals surface area contributed by atoms with Crippen LogP contribution >= 0.6 is 11.3 Å². The molecule has 1 aromatic heterocycles. The second kappa shape index (κ2) is 7.66. The predicted molar refractivity (Wildman–Crippen MR) is 90.3 cm³/mol. The summed E-state index contributed by atoms with van der Waals surface area (Å²) in [6, 6.07) is 4.12. The van der Waals surface area contributed by atoms with Crippen LogP contribution in [0.4, 0.5) is 14.9 Å². The summed E-state index contributed by atoms with van der Waals surface area (Å²) in [6.45, 7) is 1.70. The van der Waals surface area contributed by atoms with Gasteiger partial charge in [-0.25, -0.2) is 9.18 Å². The molecule has 9 nitrogen and oxygen atoms in total. The van der Waals surface area contributed by atoms with Crippen molar-refractivity contribution in [1.82, 2.24) is 15.5 Å². The molecule has 1 aliphatic heterocycles. The van der Waals surface area contributed by atoms with Crippen molar-refractivity contribution in [3.05, 3.63) is 29.0 Å². The number of carboxylic acids is 1. The van der Waals surface area contributed by atoms with Crippen molar-refractivity contribution >= 4 is 35.0 Å². The third kappa shape index (κ3) is 4.37. The largest absolute Gasteiger partial charge is 0.550 e. The third-order valence-corrected chi connectivity index (χ3v) is 4.67. The summed E-state index contributed by atoms with van der Waals surface area (Å²) in [5, 5.41) is 21.1. The fourth-order valence-electron chi connectivity index (χ4n) is 2.50. The van der Waals surface area contributed by atoms with Gasteiger partial charge in [-0.15, -0.1) is 10.2 Å². The Hall–Kier alpha value is -3.08. The Kier molecular flexibility index (Phi) is 5.31. The molecular weight excluding hydrogens is 379 g/mol. The lowest BCUT2D eigenvalue weighted by Gasteiger charge is -2.14. The Morgan fingerprint density at radius 3 is 2.89 bits per heavy atom. The summed E-state index contributed by atoms with van der Waals surface area (Å²) in [4.78, 5) is 34.8. The molecule has 0 radical (unpaired) electrons. The first-order valence-electron chi connectivity index (χ1n) is 7.88. The lowest BCUT2D eigenvalue weighted by atomic mass is 10.2. The number of hydrogen-bond acceptors (Lipinski definition) is 8. The van der Waals surface area contributed by atoms with Crippen molar-refractivity contribution in [2.24, 2.45) is 0 Å². The number of amides is 2. The van der Waals surface area contributed by atoms with Crippen molar-refractivity contribution in [3.63, 3.8) is 0 Å². The van der Waals surface area contributed by atoms with E-state index in [0.717, 1.165) is 17.4 Å². The first-order valence-corrected chi connectivity index (χ1v) is 8.70. The Morgan fingerprint density at radius 1 is 1.44 bits per heavy atom. The number of carbonyl (C=O) groups is 3. The molecule has 0 bridgehead atoms. The summed E-state index contributed by atoms with van der Waals surface area (Å²) in [7, 11) is 0. The average molecular weight is 393 g/mol. The van der Waals surface area contributed by atoms with E-state index < -0.39 is 30.4 Å². The van der Waals surface area contributed by atoms with Crippen LogP contribution in [0.2, 0.25) is 0 Å². The van der Waals surface area contributed by atoms with Crippen LogP contribution in [0.5, 0.6) is 0 Å². The van der Waals surface area contributed by atoms with Crippen LogP contribution in [0, 0.1) is 5.82 Å². The minimum atomic E-state index is -1.30. The van der Waals surface area contributed by atoms with Gasteiger partial charge >= 0.3 is 6.09 Å². The molecule has 1 aliphatic rings. The van der Waals surface area contributed by atoms with Crippen molar-refractivity contribution < 1.29 is 28.6 Å². The Labute approximate surface area is 156 Å². The lowest BCUT2D eigenvalue weighted by Crippen LogP contribution is -2.33. The maximum absolute atomic E-state index is 14.5. The average Bonchev–Trinajstić information content (AvgIpc) is 3.19. The Bertz CT molecular complexity index is 903. The quantitative estimate of drug-likeness (QED) is 0.738. The highest BCUT2D eigenvalue weighted by Gasteiger charge is 2.32. The van der Waals surface area contributed by atoms with Gasteiger partial charge in [0.15, 0.2) is 5.01 Å². The van der Waals surface area contributed by atoms with Gasteiger partial charge in [0, 0.05) is 24.9 Å². The molecule has 0 saturated carbocycles. The third-order valence-electron chi connectivity index (χ3n) is 3.71. The molecule has 1 fully saturated rings. The van der Waals surface area contributed by atoms with Crippen LogP contribution in [0.3, 0.4) is 0 Å². The normalized spacial score (nSPS) is 16.3. The molecule has 0 aliphatic carbocycles. The van der Waals surface area contributed by atoms with Gasteiger partial charge in [0.25, 0.3) is 0 Å². The van der Waals surface area contributed by atoms with Gasteiger partial charge < -0.3 is 20.0 Å². The fraction of sp³-hybridized carbons (Fsp3) is 0.312. The number of anilines is 1. The zero-order valence-corrected chi connectivity index (χ0v) is 14.9. The van der Waals surface area contributed by atoms with Gasteiger partial charge in [-0.05, 0) is 18.2 Å². The summed E-state index contributed by atoms with van der Waals surface area (Å²) in [5.74, 6) is -2.17. The van der Waals surface area contributed by atoms with E-state index in [2.05, 4.69) is 15.5 Å². The molecular formula is C16H14FN4O5S-. The number of halogens is 1. The number of nitrogens with zero attached hydrogens (tertiary/aromatic N) is 3. The smallest absolute Gasteiger partial charge is 0.414 e. The minimum absolute atomic E-state index is 0.142. The molecule has 0 spiro atoms. The van der Waals surface area contributed by atoms with E-state index in [1.54, 1.807) is 0 Å². The first kappa shape index (κ1) is 18.7. The van der Waals surface area contributed by atoms with Crippen LogP contribution in [-0.2, 0) is 20.7 Å². The number of aromatic nitrogens is 2. The van der Waals surface area contributed by atoms with E-state index in [9.17, 15) is 23.9 Å². The number of aliphatic carboxylic acids is 1. The maximum Gasteiger partial charge on any atom is 0.414 e. The molecule has 1 atom stereocenters. The van der Waals surface area contributed by atoms with Crippen molar-refractivity contribution in [2.75, 3.05) is 18.0 Å².